The van der Waals surface area contributed by atoms with Crippen molar-refractivity contribution in [2.75, 3.05) is 6.61 Å². The highest BCUT2D eigenvalue weighted by Gasteiger charge is 2.18. The molecule has 0 heterocycles. The van der Waals surface area contributed by atoms with Crippen LogP contribution in [0, 0.1) is 12.3 Å². The van der Waals surface area contributed by atoms with Crippen LogP contribution in [0.2, 0.25) is 0 Å². The Bertz CT molecular complexity index is 811. The molecule has 152 valence electrons. The van der Waals surface area contributed by atoms with Gasteiger partial charge in [0.15, 0.2) is 0 Å². The van der Waals surface area contributed by atoms with Gasteiger partial charge in [-0.2, -0.15) is 0 Å². The number of terminal acetylenes is 1. The van der Waals surface area contributed by atoms with Crippen LogP contribution in [-0.2, 0) is 0 Å². The number of benzene rings is 2. The summed E-state index contributed by atoms with van der Waals surface area (Å²) < 4.78 is 5.74. The van der Waals surface area contributed by atoms with Crippen molar-refractivity contribution < 1.29 is 14.3 Å². The van der Waals surface area contributed by atoms with Gasteiger partial charge in [-0.15, -0.1) is 6.42 Å². The summed E-state index contributed by atoms with van der Waals surface area (Å²) in [5, 5.41) is 0. The van der Waals surface area contributed by atoms with Gasteiger partial charge in [0.05, 0.1) is 6.61 Å². The summed E-state index contributed by atoms with van der Waals surface area (Å²) in [5.74, 6) is 2.13. The lowest BCUT2D eigenvalue weighted by molar-refractivity contribution is 0.0817. The summed E-state index contributed by atoms with van der Waals surface area (Å²) >= 11 is 0. The summed E-state index contributed by atoms with van der Waals surface area (Å²) in [6.45, 7) is 2.90. The van der Waals surface area contributed by atoms with Gasteiger partial charge in [0.2, 0.25) is 11.6 Å². The first-order valence-corrected chi connectivity index (χ1v) is 10.5. The SMILES string of the molecule is C#Cc1ccc(C(=O)C(=O)c2ccc(OCCCCCCCCCC)cc2)cc1. The fraction of sp³-hybridized carbons (Fsp3) is 0.385. The van der Waals surface area contributed by atoms with Gasteiger partial charge in [-0.1, -0.05) is 57.8 Å². The predicted octanol–water partition coefficient (Wildman–Crippen LogP) is 6.25. The van der Waals surface area contributed by atoms with E-state index in [9.17, 15) is 9.59 Å². The molecule has 0 bridgehead atoms. The van der Waals surface area contributed by atoms with Gasteiger partial charge in [-0.25, -0.2) is 0 Å². The van der Waals surface area contributed by atoms with Crippen LogP contribution in [-0.4, -0.2) is 18.2 Å². The standard InChI is InChI=1S/C26H30O3/c1-3-5-6-7-8-9-10-11-20-29-24-18-16-23(17-19-24)26(28)25(27)22-14-12-21(4-2)13-15-22/h2,12-19H,3,5-11,20H2,1H3. The van der Waals surface area contributed by atoms with Crippen molar-refractivity contribution in [3.8, 4) is 18.1 Å². The number of ketones is 2. The molecule has 3 heteroatoms. The number of carbonyl (C=O) groups excluding carboxylic acids is 2. The van der Waals surface area contributed by atoms with Crippen molar-refractivity contribution >= 4 is 11.6 Å². The second kappa shape index (κ2) is 12.6. The topological polar surface area (TPSA) is 43.4 Å². The molecule has 0 aliphatic carbocycles. The van der Waals surface area contributed by atoms with Crippen LogP contribution in [0.5, 0.6) is 5.75 Å². The zero-order valence-electron chi connectivity index (χ0n) is 17.3. The molecule has 0 aliphatic heterocycles. The van der Waals surface area contributed by atoms with Crippen molar-refractivity contribution in [3.05, 3.63) is 65.2 Å². The minimum absolute atomic E-state index is 0.337. The Morgan fingerprint density at radius 1 is 0.759 bits per heavy atom. The number of Topliss-reactive ketones (excluding diaryl/α,β-unsaturated/α-hetero) is 2. The maximum atomic E-state index is 12.4. The van der Waals surface area contributed by atoms with Crippen molar-refractivity contribution in [2.24, 2.45) is 0 Å². The third-order valence-electron chi connectivity index (χ3n) is 4.90. The Labute approximate surface area is 174 Å². The smallest absolute Gasteiger partial charge is 0.233 e. The van der Waals surface area contributed by atoms with Gasteiger partial charge in [0.1, 0.15) is 5.75 Å². The fourth-order valence-electron chi connectivity index (χ4n) is 3.11. The van der Waals surface area contributed by atoms with Crippen LogP contribution in [0.25, 0.3) is 0 Å². The highest BCUT2D eigenvalue weighted by Crippen LogP contribution is 2.16. The van der Waals surface area contributed by atoms with Crippen molar-refractivity contribution in [2.45, 2.75) is 58.3 Å². The van der Waals surface area contributed by atoms with Gasteiger partial charge in [0, 0.05) is 16.7 Å². The normalized spacial score (nSPS) is 10.3. The van der Waals surface area contributed by atoms with E-state index in [2.05, 4.69) is 12.8 Å². The van der Waals surface area contributed by atoms with Crippen molar-refractivity contribution in [3.63, 3.8) is 0 Å². The molecule has 0 amide bonds. The summed E-state index contributed by atoms with van der Waals surface area (Å²) in [6, 6.07) is 13.2. The Morgan fingerprint density at radius 3 is 1.76 bits per heavy atom. The highest BCUT2D eigenvalue weighted by molar-refractivity contribution is 6.49. The van der Waals surface area contributed by atoms with Gasteiger partial charge < -0.3 is 4.74 Å². The van der Waals surface area contributed by atoms with E-state index < -0.39 is 11.6 Å². The van der Waals surface area contributed by atoms with E-state index in [0.717, 1.165) is 12.2 Å². The summed E-state index contributed by atoms with van der Waals surface area (Å²) in [6.07, 6.45) is 15.4. The molecule has 0 radical (unpaired) electrons. The van der Waals surface area contributed by atoms with Crippen LogP contribution in [0.15, 0.2) is 48.5 Å². The maximum Gasteiger partial charge on any atom is 0.233 e. The lowest BCUT2D eigenvalue weighted by Crippen LogP contribution is -2.14. The van der Waals surface area contributed by atoms with Gasteiger partial charge in [-0.05, 0) is 55.0 Å². The van der Waals surface area contributed by atoms with E-state index in [1.54, 1.807) is 48.5 Å². The van der Waals surface area contributed by atoms with Crippen molar-refractivity contribution in [1.82, 2.24) is 0 Å². The summed E-state index contributed by atoms with van der Waals surface area (Å²) in [5.41, 5.74) is 1.37. The molecule has 2 rings (SSSR count). The van der Waals surface area contributed by atoms with E-state index in [1.165, 1.54) is 44.9 Å². The van der Waals surface area contributed by atoms with Crippen molar-refractivity contribution in [1.29, 1.82) is 0 Å². The molecular formula is C26H30O3. The third kappa shape index (κ3) is 7.58. The summed E-state index contributed by atoms with van der Waals surface area (Å²) in [4.78, 5) is 24.8. The van der Waals surface area contributed by atoms with Crippen LogP contribution in [0.3, 0.4) is 0 Å². The minimum atomic E-state index is -0.541. The van der Waals surface area contributed by atoms with Crippen LogP contribution in [0.1, 0.15) is 84.6 Å². The number of hydrogen-bond acceptors (Lipinski definition) is 3. The third-order valence-corrected chi connectivity index (χ3v) is 4.90. The molecule has 0 aromatic heterocycles. The van der Waals surface area contributed by atoms with Gasteiger partial charge in [0.25, 0.3) is 0 Å². The molecule has 0 saturated carbocycles. The number of unbranched alkanes of at least 4 members (excludes halogenated alkanes) is 7. The zero-order chi connectivity index (χ0) is 20.9. The van der Waals surface area contributed by atoms with Crippen LogP contribution in [0.4, 0.5) is 0 Å². The van der Waals surface area contributed by atoms with Crippen LogP contribution >= 0.6 is 0 Å². The van der Waals surface area contributed by atoms with E-state index in [1.807, 2.05) is 0 Å². The van der Waals surface area contributed by atoms with Gasteiger partial charge in [-0.3, -0.25) is 9.59 Å². The molecule has 3 nitrogen and oxygen atoms in total. The first-order valence-electron chi connectivity index (χ1n) is 10.5. The number of ether oxygens (including phenoxy) is 1. The molecule has 2 aromatic carbocycles. The molecule has 0 aliphatic rings. The first kappa shape index (κ1) is 22.4. The fourth-order valence-corrected chi connectivity index (χ4v) is 3.11. The zero-order valence-corrected chi connectivity index (χ0v) is 17.3. The Morgan fingerprint density at radius 2 is 1.24 bits per heavy atom. The second-order valence-electron chi connectivity index (χ2n) is 7.23. The lowest BCUT2D eigenvalue weighted by Gasteiger charge is -2.07. The highest BCUT2D eigenvalue weighted by atomic mass is 16.5. The molecule has 0 spiro atoms. The molecule has 2 aromatic rings. The average Bonchev–Trinajstić information content (AvgIpc) is 2.77. The minimum Gasteiger partial charge on any atom is -0.494 e. The molecule has 0 fully saturated rings. The Balaban J connectivity index is 1.74. The largest absolute Gasteiger partial charge is 0.494 e. The lowest BCUT2D eigenvalue weighted by atomic mass is 10.0. The van der Waals surface area contributed by atoms with E-state index >= 15 is 0 Å². The molecule has 29 heavy (non-hydrogen) atoms. The van der Waals surface area contributed by atoms with Crippen LogP contribution < -0.4 is 4.74 Å². The molecule has 0 unspecified atom stereocenters. The molecular weight excluding hydrogens is 360 g/mol. The number of carbonyl (C=O) groups is 2. The average molecular weight is 391 g/mol. The Kier molecular flexibility index (Phi) is 9.72. The molecule has 0 atom stereocenters. The van der Waals surface area contributed by atoms with E-state index in [4.69, 9.17) is 11.2 Å². The van der Waals surface area contributed by atoms with E-state index in [0.29, 0.717) is 23.3 Å². The van der Waals surface area contributed by atoms with E-state index in [-0.39, 0.29) is 0 Å². The quantitative estimate of drug-likeness (QED) is 0.176. The first-order chi connectivity index (χ1) is 14.2. The number of rotatable bonds is 13. The second-order valence-corrected chi connectivity index (χ2v) is 7.23. The number of hydrogen-bond donors (Lipinski definition) is 0. The Hall–Kier alpha value is -2.86. The predicted molar refractivity (Wildman–Crippen MR) is 118 cm³/mol. The molecule has 0 N–H and O–H groups in total. The van der Waals surface area contributed by atoms with Gasteiger partial charge >= 0.3 is 0 Å². The maximum absolute atomic E-state index is 12.4. The summed E-state index contributed by atoms with van der Waals surface area (Å²) in [7, 11) is 0. The monoisotopic (exact) mass is 390 g/mol. The molecule has 0 saturated heterocycles.